The third-order valence-corrected chi connectivity index (χ3v) is 8.84. The molecule has 41 heavy (non-hydrogen) atoms. The number of halogens is 1. The quantitative estimate of drug-likeness (QED) is 0.129. The lowest BCUT2D eigenvalue weighted by molar-refractivity contribution is -0.157. The summed E-state index contributed by atoms with van der Waals surface area (Å²) in [5.74, 6) is 0.338. The summed E-state index contributed by atoms with van der Waals surface area (Å²) >= 11 is 0. The predicted octanol–water partition coefficient (Wildman–Crippen LogP) is 8.45. The van der Waals surface area contributed by atoms with E-state index in [1.807, 2.05) is 0 Å². The van der Waals surface area contributed by atoms with E-state index in [0.29, 0.717) is 18.3 Å². The second-order valence-corrected chi connectivity index (χ2v) is 12.1. The first-order valence-electron chi connectivity index (χ1n) is 16.3. The van der Waals surface area contributed by atoms with Crippen LogP contribution in [0.1, 0.15) is 126 Å². The van der Waals surface area contributed by atoms with Gasteiger partial charge in [0.2, 0.25) is 0 Å². The van der Waals surface area contributed by atoms with E-state index in [1.165, 1.54) is 44.2 Å². The maximum atomic E-state index is 14.6. The highest BCUT2D eigenvalue weighted by Gasteiger charge is 2.30. The summed E-state index contributed by atoms with van der Waals surface area (Å²) in [6, 6.07) is 4.31. The summed E-state index contributed by atoms with van der Waals surface area (Å²) in [5.41, 5.74) is -0.0699. The number of hydrogen-bond donors (Lipinski definition) is 0. The molecule has 2 aliphatic carbocycles. The molecule has 2 aliphatic rings. The summed E-state index contributed by atoms with van der Waals surface area (Å²) in [6.45, 7) is 3.74. The average Bonchev–Trinajstić information content (AvgIpc) is 2.98. The van der Waals surface area contributed by atoms with Crippen LogP contribution >= 0.6 is 0 Å². The van der Waals surface area contributed by atoms with Crippen molar-refractivity contribution in [2.45, 2.75) is 122 Å². The predicted molar refractivity (Wildman–Crippen MR) is 159 cm³/mol. The van der Waals surface area contributed by atoms with Crippen LogP contribution < -0.4 is 4.74 Å². The van der Waals surface area contributed by atoms with Gasteiger partial charge in [-0.15, -0.1) is 0 Å². The van der Waals surface area contributed by atoms with Gasteiger partial charge in [-0.3, -0.25) is 4.79 Å². The van der Waals surface area contributed by atoms with Gasteiger partial charge >= 0.3 is 11.9 Å². The van der Waals surface area contributed by atoms with Crippen LogP contribution in [0.3, 0.4) is 0 Å². The van der Waals surface area contributed by atoms with E-state index in [2.05, 4.69) is 6.92 Å². The first-order chi connectivity index (χ1) is 20.0. The maximum absolute atomic E-state index is 14.6. The van der Waals surface area contributed by atoms with E-state index in [4.69, 9.17) is 18.9 Å². The molecule has 0 aromatic heterocycles. The molecule has 3 rings (SSSR count). The van der Waals surface area contributed by atoms with Crippen molar-refractivity contribution < 1.29 is 32.9 Å². The summed E-state index contributed by atoms with van der Waals surface area (Å²) in [7, 11) is 1.68. The fourth-order valence-electron chi connectivity index (χ4n) is 6.13. The molecule has 0 saturated heterocycles. The highest BCUT2D eigenvalue weighted by molar-refractivity contribution is 5.89. The molecule has 0 amide bonds. The molecule has 0 unspecified atom stereocenters. The van der Waals surface area contributed by atoms with Gasteiger partial charge in [-0.05, 0) is 94.6 Å². The molecule has 0 atom stereocenters. The monoisotopic (exact) mass is 576 g/mol. The van der Waals surface area contributed by atoms with Gasteiger partial charge in [-0.1, -0.05) is 45.4 Å². The van der Waals surface area contributed by atoms with Crippen LogP contribution in [0, 0.1) is 23.6 Å². The van der Waals surface area contributed by atoms with Gasteiger partial charge < -0.3 is 18.9 Å². The second-order valence-electron chi connectivity index (χ2n) is 12.1. The lowest BCUT2D eigenvalue weighted by Gasteiger charge is -2.31. The number of benzene rings is 1. The van der Waals surface area contributed by atoms with Crippen molar-refractivity contribution in [3.05, 3.63) is 29.6 Å². The van der Waals surface area contributed by atoms with E-state index in [-0.39, 0.29) is 30.2 Å². The van der Waals surface area contributed by atoms with Gasteiger partial charge in [-0.2, -0.15) is 0 Å². The van der Waals surface area contributed by atoms with Crippen LogP contribution in [0.2, 0.25) is 0 Å². The standard InChI is InChI=1S/C34H53FO6/c1-3-4-5-8-11-26-12-16-28(17-13-26)33(36)41-29-18-14-27(15-19-29)25-40-30-20-21-31(32(35)24-30)34(37)39-23-10-7-6-9-22-38-2/h20-21,24,26-29H,3-19,22-23,25H2,1-2H3. The number of carbonyl (C=O) groups excluding carboxylic acids is 2. The molecular weight excluding hydrogens is 523 g/mol. The first-order valence-corrected chi connectivity index (χ1v) is 16.3. The zero-order valence-corrected chi connectivity index (χ0v) is 25.5. The van der Waals surface area contributed by atoms with Crippen molar-refractivity contribution in [3.63, 3.8) is 0 Å². The third kappa shape index (κ3) is 12.3. The van der Waals surface area contributed by atoms with Gasteiger partial charge in [0.1, 0.15) is 17.7 Å². The van der Waals surface area contributed by atoms with Crippen LogP contribution in [-0.4, -0.2) is 45.0 Å². The van der Waals surface area contributed by atoms with Crippen LogP contribution in [0.25, 0.3) is 0 Å². The molecule has 0 heterocycles. The number of ether oxygens (including phenoxy) is 4. The zero-order chi connectivity index (χ0) is 29.3. The maximum Gasteiger partial charge on any atom is 0.341 e. The van der Waals surface area contributed by atoms with Gasteiger partial charge in [0.05, 0.1) is 24.7 Å². The topological polar surface area (TPSA) is 71.1 Å². The second kappa shape index (κ2) is 19.1. The number of rotatable bonds is 18. The Kier molecular flexibility index (Phi) is 15.6. The van der Waals surface area contributed by atoms with E-state index in [1.54, 1.807) is 13.2 Å². The van der Waals surface area contributed by atoms with E-state index >= 15 is 0 Å². The Bertz CT molecular complexity index is 889. The SMILES string of the molecule is CCCCCCC1CCC(C(=O)OC2CCC(COc3ccc(C(=O)OCCCCCCOC)c(F)c3)CC2)CC1. The van der Waals surface area contributed by atoms with Gasteiger partial charge in [0, 0.05) is 19.8 Å². The van der Waals surface area contributed by atoms with Crippen LogP contribution in [0.15, 0.2) is 18.2 Å². The fraction of sp³-hybridized carbons (Fsp3) is 0.765. The largest absolute Gasteiger partial charge is 0.493 e. The third-order valence-electron chi connectivity index (χ3n) is 8.84. The van der Waals surface area contributed by atoms with Gasteiger partial charge in [0.15, 0.2) is 0 Å². The van der Waals surface area contributed by atoms with Gasteiger partial charge in [0.25, 0.3) is 0 Å². The molecule has 0 N–H and O–H groups in total. The van der Waals surface area contributed by atoms with E-state index < -0.39 is 11.8 Å². The van der Waals surface area contributed by atoms with E-state index in [9.17, 15) is 14.0 Å². The first kappa shape index (κ1) is 33.4. The summed E-state index contributed by atoms with van der Waals surface area (Å²) in [6.07, 6.45) is 18.1. The Morgan fingerprint density at radius 2 is 1.51 bits per heavy atom. The highest BCUT2D eigenvalue weighted by Crippen LogP contribution is 2.34. The van der Waals surface area contributed by atoms with E-state index in [0.717, 1.165) is 89.6 Å². The lowest BCUT2D eigenvalue weighted by Crippen LogP contribution is -2.31. The molecule has 0 aliphatic heterocycles. The number of hydrogen-bond acceptors (Lipinski definition) is 6. The minimum absolute atomic E-state index is 0.00128. The minimum atomic E-state index is -0.644. The molecule has 6 nitrogen and oxygen atoms in total. The smallest absolute Gasteiger partial charge is 0.341 e. The molecule has 0 radical (unpaired) electrons. The molecule has 2 saturated carbocycles. The summed E-state index contributed by atoms with van der Waals surface area (Å²) in [5, 5.41) is 0. The van der Waals surface area contributed by atoms with Crippen LogP contribution in [0.5, 0.6) is 5.75 Å². The normalized spacial score (nSPS) is 22.7. The zero-order valence-electron chi connectivity index (χ0n) is 25.5. The van der Waals surface area contributed by atoms with Crippen LogP contribution in [-0.2, 0) is 19.0 Å². The minimum Gasteiger partial charge on any atom is -0.493 e. The molecule has 1 aromatic carbocycles. The van der Waals surface area contributed by atoms with Crippen molar-refractivity contribution in [1.82, 2.24) is 0 Å². The number of esters is 2. The van der Waals surface area contributed by atoms with Crippen molar-refractivity contribution in [1.29, 1.82) is 0 Å². The molecule has 0 spiro atoms. The van der Waals surface area contributed by atoms with Crippen molar-refractivity contribution >= 4 is 11.9 Å². The Balaban J connectivity index is 1.28. The van der Waals surface area contributed by atoms with Crippen molar-refractivity contribution in [2.75, 3.05) is 26.9 Å². The molecule has 7 heteroatoms. The molecule has 2 fully saturated rings. The Morgan fingerprint density at radius 1 is 0.829 bits per heavy atom. The fourth-order valence-corrected chi connectivity index (χ4v) is 6.13. The average molecular weight is 577 g/mol. The molecule has 0 bridgehead atoms. The number of unbranched alkanes of at least 4 members (excludes halogenated alkanes) is 6. The van der Waals surface area contributed by atoms with Crippen molar-refractivity contribution in [3.8, 4) is 5.75 Å². The van der Waals surface area contributed by atoms with Crippen molar-refractivity contribution in [2.24, 2.45) is 17.8 Å². The Hall–Kier alpha value is -2.15. The van der Waals surface area contributed by atoms with Crippen LogP contribution in [0.4, 0.5) is 4.39 Å². The molecular formula is C34H53FO6. The lowest BCUT2D eigenvalue weighted by atomic mass is 9.79. The number of methoxy groups -OCH3 is 1. The molecule has 1 aromatic rings. The Morgan fingerprint density at radius 3 is 2.20 bits per heavy atom. The summed E-state index contributed by atoms with van der Waals surface area (Å²) in [4.78, 5) is 25.0. The Labute approximate surface area is 247 Å². The summed E-state index contributed by atoms with van der Waals surface area (Å²) < 4.78 is 36.6. The molecule has 232 valence electrons. The van der Waals surface area contributed by atoms with Gasteiger partial charge in [-0.25, -0.2) is 9.18 Å². The highest BCUT2D eigenvalue weighted by atomic mass is 19.1. The number of carbonyl (C=O) groups is 2.